The van der Waals surface area contributed by atoms with Gasteiger partial charge in [-0.1, -0.05) is 19.8 Å². The monoisotopic (exact) mass is 320 g/mol. The molecule has 0 aromatic carbocycles. The normalized spacial score (nSPS) is 21.1. The highest BCUT2D eigenvalue weighted by Gasteiger charge is 2.28. The Balaban J connectivity index is 2.26. The molecular weight excluding hydrogens is 292 g/mol. The molecule has 0 spiro atoms. The first-order valence-corrected chi connectivity index (χ1v) is 8.52. The van der Waals surface area contributed by atoms with Crippen LogP contribution in [0.5, 0.6) is 0 Å². The number of carbonyl (C=O) groups is 2. The van der Waals surface area contributed by atoms with Crippen molar-refractivity contribution in [2.24, 2.45) is 13.0 Å². The molecule has 1 aliphatic carbocycles. The van der Waals surface area contributed by atoms with Gasteiger partial charge in [0.1, 0.15) is 5.69 Å². The fourth-order valence-corrected chi connectivity index (χ4v) is 3.57. The zero-order valence-electron chi connectivity index (χ0n) is 14.9. The summed E-state index contributed by atoms with van der Waals surface area (Å²) in [6.07, 6.45) is 4.59. The van der Waals surface area contributed by atoms with E-state index in [9.17, 15) is 9.59 Å². The van der Waals surface area contributed by atoms with Crippen LogP contribution in [0.15, 0.2) is 0 Å². The second-order valence-electron chi connectivity index (χ2n) is 6.56. The Morgan fingerprint density at radius 2 is 1.91 bits per heavy atom. The van der Waals surface area contributed by atoms with Crippen molar-refractivity contribution in [2.75, 3.05) is 6.61 Å². The van der Waals surface area contributed by atoms with Crippen LogP contribution in [0.25, 0.3) is 0 Å². The molecule has 128 valence electrons. The first-order chi connectivity index (χ1) is 10.9. The summed E-state index contributed by atoms with van der Waals surface area (Å²) in [4.78, 5) is 24.9. The van der Waals surface area contributed by atoms with Crippen molar-refractivity contribution < 1.29 is 14.3 Å². The van der Waals surface area contributed by atoms with Gasteiger partial charge in [-0.15, -0.1) is 0 Å². The molecule has 1 aliphatic rings. The summed E-state index contributed by atoms with van der Waals surface area (Å²) >= 11 is 0. The third-order valence-corrected chi connectivity index (χ3v) is 5.05. The molecule has 1 N–H and O–H groups in total. The lowest BCUT2D eigenvalue weighted by Crippen LogP contribution is -2.41. The predicted octanol–water partition coefficient (Wildman–Crippen LogP) is 3.13. The first kappa shape index (κ1) is 17.6. The molecule has 0 unspecified atom stereocenters. The van der Waals surface area contributed by atoms with Crippen LogP contribution in [0.3, 0.4) is 0 Å². The summed E-state index contributed by atoms with van der Waals surface area (Å²) in [6, 6.07) is 0.223. The smallest absolute Gasteiger partial charge is 0.355 e. The Kier molecular flexibility index (Phi) is 5.50. The standard InChI is InChI=1S/C18H28N2O3/c1-6-23-18(22)16-12(3)15(13(4)20(16)5)17(21)19-14-10-8-7-9-11(14)2/h11,14H,6-10H2,1-5H3,(H,19,21)/t11-,14+/m1/s1. The summed E-state index contributed by atoms with van der Waals surface area (Å²) in [6.45, 7) is 7.98. The van der Waals surface area contributed by atoms with E-state index in [0.717, 1.165) is 25.0 Å². The first-order valence-electron chi connectivity index (χ1n) is 8.52. The zero-order valence-corrected chi connectivity index (χ0v) is 14.9. The number of hydrogen-bond donors (Lipinski definition) is 1. The van der Waals surface area contributed by atoms with Crippen molar-refractivity contribution in [2.45, 2.75) is 59.4 Å². The molecular formula is C18H28N2O3. The maximum Gasteiger partial charge on any atom is 0.355 e. The van der Waals surface area contributed by atoms with Crippen molar-refractivity contribution in [3.8, 4) is 0 Å². The zero-order chi connectivity index (χ0) is 17.1. The third-order valence-electron chi connectivity index (χ3n) is 5.05. The van der Waals surface area contributed by atoms with E-state index in [1.54, 1.807) is 18.5 Å². The summed E-state index contributed by atoms with van der Waals surface area (Å²) in [5, 5.41) is 3.17. The van der Waals surface area contributed by atoms with E-state index in [2.05, 4.69) is 12.2 Å². The van der Waals surface area contributed by atoms with Gasteiger partial charge >= 0.3 is 5.97 Å². The van der Waals surface area contributed by atoms with Gasteiger partial charge in [0.2, 0.25) is 0 Å². The van der Waals surface area contributed by atoms with E-state index in [1.165, 1.54) is 6.42 Å². The topological polar surface area (TPSA) is 60.3 Å². The molecule has 5 heteroatoms. The van der Waals surface area contributed by atoms with Crippen LogP contribution in [0, 0.1) is 19.8 Å². The van der Waals surface area contributed by atoms with Gasteiger partial charge in [0, 0.05) is 18.8 Å². The van der Waals surface area contributed by atoms with Crippen LogP contribution in [0.4, 0.5) is 0 Å². The number of carbonyl (C=O) groups excluding carboxylic acids is 2. The van der Waals surface area contributed by atoms with Gasteiger partial charge < -0.3 is 14.6 Å². The molecule has 1 saturated carbocycles. The number of aromatic nitrogens is 1. The molecule has 0 aliphatic heterocycles. The van der Waals surface area contributed by atoms with Crippen molar-refractivity contribution in [1.29, 1.82) is 0 Å². The maximum absolute atomic E-state index is 12.8. The molecule has 0 radical (unpaired) electrons. The Morgan fingerprint density at radius 1 is 1.26 bits per heavy atom. The van der Waals surface area contributed by atoms with Gasteiger partial charge in [-0.2, -0.15) is 0 Å². The summed E-state index contributed by atoms with van der Waals surface area (Å²) < 4.78 is 6.87. The highest BCUT2D eigenvalue weighted by atomic mass is 16.5. The Bertz CT molecular complexity index is 604. The van der Waals surface area contributed by atoms with Gasteiger partial charge in [0.05, 0.1) is 12.2 Å². The van der Waals surface area contributed by atoms with Gasteiger partial charge in [-0.3, -0.25) is 4.79 Å². The van der Waals surface area contributed by atoms with E-state index in [4.69, 9.17) is 4.74 Å². The van der Waals surface area contributed by atoms with Crippen LogP contribution in [0.1, 0.15) is 71.6 Å². The molecule has 1 aromatic heterocycles. The van der Waals surface area contributed by atoms with E-state index in [0.29, 0.717) is 29.3 Å². The largest absolute Gasteiger partial charge is 0.461 e. The molecule has 1 amide bonds. The average molecular weight is 320 g/mol. The molecule has 1 heterocycles. The average Bonchev–Trinajstić information content (AvgIpc) is 2.72. The molecule has 5 nitrogen and oxygen atoms in total. The number of nitrogens with one attached hydrogen (secondary N) is 1. The van der Waals surface area contributed by atoms with Crippen LogP contribution < -0.4 is 5.32 Å². The fourth-order valence-electron chi connectivity index (χ4n) is 3.57. The Hall–Kier alpha value is -1.78. The lowest BCUT2D eigenvalue weighted by Gasteiger charge is -2.29. The third kappa shape index (κ3) is 3.43. The number of hydrogen-bond acceptors (Lipinski definition) is 3. The second kappa shape index (κ2) is 7.20. The minimum absolute atomic E-state index is 0.0788. The van der Waals surface area contributed by atoms with Gasteiger partial charge in [-0.05, 0) is 45.1 Å². The van der Waals surface area contributed by atoms with E-state index >= 15 is 0 Å². The quantitative estimate of drug-likeness (QED) is 0.867. The predicted molar refractivity (Wildman–Crippen MR) is 89.7 cm³/mol. The highest BCUT2D eigenvalue weighted by molar-refractivity contribution is 6.01. The Labute approximate surface area is 138 Å². The highest BCUT2D eigenvalue weighted by Crippen LogP contribution is 2.26. The molecule has 2 atom stereocenters. The SMILES string of the molecule is CCOC(=O)c1c(C)c(C(=O)N[C@H]2CCCC[C@H]2C)c(C)n1C. The number of esters is 1. The Morgan fingerprint density at radius 3 is 2.52 bits per heavy atom. The van der Waals surface area contributed by atoms with Crippen LogP contribution >= 0.6 is 0 Å². The molecule has 2 rings (SSSR count). The lowest BCUT2D eigenvalue weighted by atomic mass is 9.86. The van der Waals surface area contributed by atoms with Gasteiger partial charge in [0.25, 0.3) is 5.91 Å². The molecule has 1 fully saturated rings. The lowest BCUT2D eigenvalue weighted by molar-refractivity contribution is 0.0514. The van der Waals surface area contributed by atoms with Gasteiger partial charge in [-0.25, -0.2) is 4.79 Å². The van der Waals surface area contributed by atoms with E-state index in [-0.39, 0.29) is 17.9 Å². The number of ether oxygens (including phenoxy) is 1. The van der Waals surface area contributed by atoms with Gasteiger partial charge in [0.15, 0.2) is 0 Å². The molecule has 1 aromatic rings. The molecule has 0 bridgehead atoms. The minimum Gasteiger partial charge on any atom is -0.461 e. The maximum atomic E-state index is 12.8. The van der Waals surface area contributed by atoms with Crippen molar-refractivity contribution in [1.82, 2.24) is 9.88 Å². The van der Waals surface area contributed by atoms with Crippen LogP contribution in [-0.2, 0) is 11.8 Å². The summed E-state index contributed by atoms with van der Waals surface area (Å²) in [7, 11) is 1.80. The van der Waals surface area contributed by atoms with Crippen molar-refractivity contribution in [3.63, 3.8) is 0 Å². The minimum atomic E-state index is -0.374. The molecule has 0 saturated heterocycles. The van der Waals surface area contributed by atoms with Crippen LogP contribution in [0.2, 0.25) is 0 Å². The number of nitrogens with zero attached hydrogens (tertiary/aromatic N) is 1. The van der Waals surface area contributed by atoms with Crippen molar-refractivity contribution >= 4 is 11.9 Å². The summed E-state index contributed by atoms with van der Waals surface area (Å²) in [5.41, 5.74) is 2.57. The van der Waals surface area contributed by atoms with E-state index in [1.807, 2.05) is 13.8 Å². The van der Waals surface area contributed by atoms with Crippen LogP contribution in [-0.4, -0.2) is 29.1 Å². The van der Waals surface area contributed by atoms with Crippen molar-refractivity contribution in [3.05, 3.63) is 22.5 Å². The summed E-state index contributed by atoms with van der Waals surface area (Å²) in [5.74, 6) is 0.0483. The van der Waals surface area contributed by atoms with E-state index < -0.39 is 0 Å². The molecule has 23 heavy (non-hydrogen) atoms. The number of amides is 1. The second-order valence-corrected chi connectivity index (χ2v) is 6.56. The number of rotatable bonds is 4. The fraction of sp³-hybridized carbons (Fsp3) is 0.667.